The van der Waals surface area contributed by atoms with E-state index in [9.17, 15) is 13.6 Å². The molecule has 0 radical (unpaired) electrons. The molecule has 3 nitrogen and oxygen atoms in total. The summed E-state index contributed by atoms with van der Waals surface area (Å²) in [7, 11) is 0. The second-order valence-corrected chi connectivity index (χ2v) is 3.69. The Labute approximate surface area is 87.2 Å². The first-order chi connectivity index (χ1) is 6.18. The third-order valence-corrected chi connectivity index (χ3v) is 2.71. The van der Waals surface area contributed by atoms with Crippen molar-refractivity contribution in [2.75, 3.05) is 26.2 Å². The van der Waals surface area contributed by atoms with E-state index in [2.05, 4.69) is 5.32 Å². The van der Waals surface area contributed by atoms with Gasteiger partial charge in [-0.1, -0.05) is 0 Å². The first-order valence-corrected chi connectivity index (χ1v) is 4.46. The highest BCUT2D eigenvalue weighted by Crippen LogP contribution is 2.24. The molecule has 14 heavy (non-hydrogen) atoms. The maximum absolute atomic E-state index is 12.1. The van der Waals surface area contributed by atoms with Crippen LogP contribution in [0.1, 0.15) is 0 Å². The lowest BCUT2D eigenvalue weighted by atomic mass is 9.95. The average molecular weight is 227 g/mol. The number of halogens is 3. The second-order valence-electron chi connectivity index (χ2n) is 3.69. The third-order valence-electron chi connectivity index (χ3n) is 2.71. The van der Waals surface area contributed by atoms with E-state index in [-0.39, 0.29) is 37.3 Å². The largest absolute Gasteiger partial charge is 0.341 e. The molecule has 2 aliphatic rings. The summed E-state index contributed by atoms with van der Waals surface area (Å²) in [6.07, 6.45) is -2.27. The minimum absolute atomic E-state index is 0. The van der Waals surface area contributed by atoms with Crippen LogP contribution in [0.2, 0.25) is 0 Å². The molecule has 2 fully saturated rings. The number of nitrogens with zero attached hydrogens (tertiary/aromatic N) is 1. The van der Waals surface area contributed by atoms with Gasteiger partial charge in [-0.2, -0.15) is 0 Å². The molecule has 2 rings (SSSR count). The zero-order valence-electron chi connectivity index (χ0n) is 7.58. The van der Waals surface area contributed by atoms with Crippen LogP contribution in [0.25, 0.3) is 0 Å². The fourth-order valence-corrected chi connectivity index (χ4v) is 1.57. The van der Waals surface area contributed by atoms with Crippen molar-refractivity contribution in [3.05, 3.63) is 0 Å². The number of alkyl halides is 2. The van der Waals surface area contributed by atoms with Crippen molar-refractivity contribution >= 4 is 18.3 Å². The van der Waals surface area contributed by atoms with E-state index in [0.29, 0.717) is 13.1 Å². The summed E-state index contributed by atoms with van der Waals surface area (Å²) in [4.78, 5) is 12.9. The summed E-state index contributed by atoms with van der Waals surface area (Å²) in [5.41, 5.74) is 0. The smallest absolute Gasteiger partial charge is 0.244 e. The Kier molecular flexibility index (Phi) is 3.66. The Hall–Kier alpha value is -0.420. The van der Waals surface area contributed by atoms with Gasteiger partial charge in [0.05, 0.1) is 11.8 Å². The molecular formula is C8H13ClF2N2O. The number of hydrogen-bond donors (Lipinski definition) is 1. The van der Waals surface area contributed by atoms with Crippen molar-refractivity contribution in [3.8, 4) is 0 Å². The molecule has 2 saturated heterocycles. The Bertz CT molecular complexity index is 217. The Morgan fingerprint density at radius 3 is 2.29 bits per heavy atom. The van der Waals surface area contributed by atoms with Crippen LogP contribution >= 0.6 is 12.4 Å². The lowest BCUT2D eigenvalue weighted by molar-refractivity contribution is -0.147. The van der Waals surface area contributed by atoms with Gasteiger partial charge >= 0.3 is 0 Å². The zero-order chi connectivity index (χ0) is 9.42. The van der Waals surface area contributed by atoms with Gasteiger partial charge in [0.25, 0.3) is 0 Å². The molecule has 0 bridgehead atoms. The molecule has 0 saturated carbocycles. The van der Waals surface area contributed by atoms with Gasteiger partial charge in [0.1, 0.15) is 0 Å². The summed E-state index contributed by atoms with van der Waals surface area (Å²) in [5, 5.41) is 2.98. The fraction of sp³-hybridized carbons (Fsp3) is 0.875. The van der Waals surface area contributed by atoms with Gasteiger partial charge in [-0.3, -0.25) is 4.79 Å². The molecule has 0 aromatic rings. The molecule has 0 spiro atoms. The van der Waals surface area contributed by atoms with E-state index < -0.39 is 12.3 Å². The van der Waals surface area contributed by atoms with E-state index in [0.717, 1.165) is 0 Å². The van der Waals surface area contributed by atoms with Gasteiger partial charge in [0.2, 0.25) is 12.3 Å². The molecule has 2 aliphatic heterocycles. The number of hydrogen-bond acceptors (Lipinski definition) is 2. The van der Waals surface area contributed by atoms with E-state index in [4.69, 9.17) is 0 Å². The molecule has 0 aromatic carbocycles. The van der Waals surface area contributed by atoms with Gasteiger partial charge < -0.3 is 10.2 Å². The number of carbonyl (C=O) groups excluding carboxylic acids is 1. The van der Waals surface area contributed by atoms with Crippen LogP contribution in [0.15, 0.2) is 0 Å². The molecule has 82 valence electrons. The predicted octanol–water partition coefficient (Wildman–Crippen LogP) is 0.351. The van der Waals surface area contributed by atoms with Crippen LogP contribution in [0.3, 0.4) is 0 Å². The van der Waals surface area contributed by atoms with Crippen LogP contribution in [-0.4, -0.2) is 43.4 Å². The lowest BCUT2D eigenvalue weighted by Crippen LogP contribution is -2.59. The van der Waals surface area contributed by atoms with Crippen molar-refractivity contribution < 1.29 is 13.6 Å². The third kappa shape index (κ3) is 1.98. The number of carbonyl (C=O) groups is 1. The first-order valence-electron chi connectivity index (χ1n) is 4.46. The number of nitrogens with one attached hydrogen (secondary N) is 1. The topological polar surface area (TPSA) is 32.3 Å². The van der Waals surface area contributed by atoms with Gasteiger partial charge in [0.15, 0.2) is 0 Å². The van der Waals surface area contributed by atoms with Crippen molar-refractivity contribution in [2.24, 2.45) is 11.8 Å². The molecule has 0 aliphatic carbocycles. The average Bonchev–Trinajstić information content (AvgIpc) is 1.76. The highest BCUT2D eigenvalue weighted by molar-refractivity contribution is 5.85. The number of likely N-dealkylation sites (tertiary alicyclic amines) is 1. The molecule has 6 heteroatoms. The molecular weight excluding hydrogens is 214 g/mol. The maximum atomic E-state index is 12.1. The van der Waals surface area contributed by atoms with E-state index in [1.54, 1.807) is 0 Å². The Morgan fingerprint density at radius 1 is 1.36 bits per heavy atom. The van der Waals surface area contributed by atoms with Crippen LogP contribution in [-0.2, 0) is 4.79 Å². The van der Waals surface area contributed by atoms with E-state index in [1.807, 2.05) is 0 Å². The molecule has 2 heterocycles. The molecule has 0 atom stereocenters. The highest BCUT2D eigenvalue weighted by Gasteiger charge is 2.40. The second kappa shape index (κ2) is 4.40. The molecule has 1 amide bonds. The van der Waals surface area contributed by atoms with Crippen LogP contribution in [0.5, 0.6) is 0 Å². The summed E-state index contributed by atoms with van der Waals surface area (Å²) >= 11 is 0. The lowest BCUT2D eigenvalue weighted by Gasteiger charge is -2.42. The summed E-state index contributed by atoms with van der Waals surface area (Å²) in [6, 6.07) is 0. The van der Waals surface area contributed by atoms with Crippen molar-refractivity contribution in [2.45, 2.75) is 6.43 Å². The van der Waals surface area contributed by atoms with Crippen molar-refractivity contribution in [1.29, 1.82) is 0 Å². The summed E-state index contributed by atoms with van der Waals surface area (Å²) in [5.74, 6) is -0.508. The van der Waals surface area contributed by atoms with Gasteiger partial charge in [0, 0.05) is 26.2 Å². The standard InChI is InChI=1S/C8H12F2N2O.ClH/c9-7(10)6-3-12(4-6)8(13)5-1-11-2-5;/h5-7,11H,1-4H2;1H. The van der Waals surface area contributed by atoms with Gasteiger partial charge in [-0.05, 0) is 0 Å². The van der Waals surface area contributed by atoms with Crippen LogP contribution in [0, 0.1) is 11.8 Å². The van der Waals surface area contributed by atoms with Gasteiger partial charge in [-0.15, -0.1) is 12.4 Å². The van der Waals surface area contributed by atoms with Crippen LogP contribution < -0.4 is 5.32 Å². The number of rotatable bonds is 2. The minimum atomic E-state index is -2.27. The SMILES string of the molecule is Cl.O=C(C1CNC1)N1CC(C(F)F)C1. The summed E-state index contributed by atoms with van der Waals surface area (Å²) < 4.78 is 24.1. The predicted molar refractivity (Wildman–Crippen MR) is 49.7 cm³/mol. The normalized spacial score (nSPS) is 22.6. The highest BCUT2D eigenvalue weighted by atomic mass is 35.5. The van der Waals surface area contributed by atoms with Crippen molar-refractivity contribution in [3.63, 3.8) is 0 Å². The Morgan fingerprint density at radius 2 is 1.93 bits per heavy atom. The van der Waals surface area contributed by atoms with Gasteiger partial charge in [-0.25, -0.2) is 8.78 Å². The Balaban J connectivity index is 0.000000980. The molecule has 0 unspecified atom stereocenters. The molecule has 1 N–H and O–H groups in total. The molecule has 0 aromatic heterocycles. The minimum Gasteiger partial charge on any atom is -0.341 e. The first kappa shape index (κ1) is 11.7. The van der Waals surface area contributed by atoms with Crippen molar-refractivity contribution in [1.82, 2.24) is 10.2 Å². The van der Waals surface area contributed by atoms with Crippen LogP contribution in [0.4, 0.5) is 8.78 Å². The number of amides is 1. The fourth-order valence-electron chi connectivity index (χ4n) is 1.57. The maximum Gasteiger partial charge on any atom is 0.244 e. The van der Waals surface area contributed by atoms with E-state index >= 15 is 0 Å². The summed E-state index contributed by atoms with van der Waals surface area (Å²) in [6.45, 7) is 1.89. The monoisotopic (exact) mass is 226 g/mol. The quantitative estimate of drug-likeness (QED) is 0.737. The van der Waals surface area contributed by atoms with E-state index in [1.165, 1.54) is 4.90 Å². The zero-order valence-corrected chi connectivity index (χ0v) is 8.40.